The number of carbonyl (C=O) groups excluding carboxylic acids is 1. The number of hydrogen-bond acceptors (Lipinski definition) is 5. The van der Waals surface area contributed by atoms with Crippen LogP contribution in [0.1, 0.15) is 31.9 Å². The molecule has 1 saturated heterocycles. The maximum Gasteiger partial charge on any atom is 0.318 e. The third-order valence-corrected chi connectivity index (χ3v) is 5.89. The van der Waals surface area contributed by atoms with Crippen LogP contribution in [0.3, 0.4) is 0 Å². The zero-order valence-electron chi connectivity index (χ0n) is 12.9. The van der Waals surface area contributed by atoms with Gasteiger partial charge in [-0.05, 0) is 47.5 Å². The Hall–Kier alpha value is -0.680. The van der Waals surface area contributed by atoms with Gasteiger partial charge in [0.15, 0.2) is 8.38 Å². The van der Waals surface area contributed by atoms with Crippen molar-refractivity contribution in [1.82, 2.24) is 0 Å². The van der Waals surface area contributed by atoms with Gasteiger partial charge in [0.2, 0.25) is 0 Å². The highest BCUT2D eigenvalue weighted by Gasteiger charge is 2.42. The second-order valence-electron chi connectivity index (χ2n) is 4.69. The third kappa shape index (κ3) is 3.99. The molecule has 0 aromatic heterocycles. The minimum absolute atomic E-state index is 0.250. The Morgan fingerprint density at radius 2 is 2.00 bits per heavy atom. The number of esters is 1. The summed E-state index contributed by atoms with van der Waals surface area (Å²) in [5.41, 5.74) is 0.577. The van der Waals surface area contributed by atoms with E-state index < -0.39 is 8.38 Å². The van der Waals surface area contributed by atoms with E-state index in [4.69, 9.17) is 18.5 Å². The predicted octanol–water partition coefficient (Wildman–Crippen LogP) is 4.20. The first-order chi connectivity index (χ1) is 10.6. The average Bonchev–Trinajstić information content (AvgIpc) is 2.89. The summed E-state index contributed by atoms with van der Waals surface area (Å²) < 4.78 is 22.9. The average molecular weight is 391 g/mol. The molecular formula is C15H20BrO5P. The maximum absolute atomic E-state index is 12.2. The molecule has 0 N–H and O–H groups in total. The fourth-order valence-electron chi connectivity index (χ4n) is 2.29. The van der Waals surface area contributed by atoms with Crippen molar-refractivity contribution in [2.75, 3.05) is 20.3 Å². The van der Waals surface area contributed by atoms with E-state index in [0.29, 0.717) is 25.4 Å². The van der Waals surface area contributed by atoms with Crippen molar-refractivity contribution in [3.63, 3.8) is 0 Å². The number of hydrogen-bond donors (Lipinski definition) is 0. The van der Waals surface area contributed by atoms with Crippen molar-refractivity contribution < 1.29 is 23.3 Å². The molecule has 5 nitrogen and oxygen atoms in total. The van der Waals surface area contributed by atoms with Crippen LogP contribution in [-0.4, -0.2) is 32.0 Å². The number of ether oxygens (including phenoxy) is 2. The lowest BCUT2D eigenvalue weighted by molar-refractivity contribution is -0.141. The van der Waals surface area contributed by atoms with E-state index >= 15 is 0 Å². The van der Waals surface area contributed by atoms with Gasteiger partial charge in [-0.1, -0.05) is 6.07 Å². The lowest BCUT2D eigenvalue weighted by Crippen LogP contribution is -2.15. The molecule has 2 atom stereocenters. The number of rotatable bonds is 7. The van der Waals surface area contributed by atoms with Gasteiger partial charge >= 0.3 is 5.97 Å². The fourth-order valence-corrected chi connectivity index (χ4v) is 4.24. The molecule has 1 fully saturated rings. The molecule has 0 saturated carbocycles. The monoisotopic (exact) mass is 390 g/mol. The van der Waals surface area contributed by atoms with Crippen LogP contribution in [0.2, 0.25) is 0 Å². The van der Waals surface area contributed by atoms with Gasteiger partial charge in [-0.3, -0.25) is 4.79 Å². The topological polar surface area (TPSA) is 54.0 Å². The van der Waals surface area contributed by atoms with Gasteiger partial charge in [-0.15, -0.1) is 0 Å². The van der Waals surface area contributed by atoms with Crippen LogP contribution in [0.25, 0.3) is 0 Å². The highest BCUT2D eigenvalue weighted by molar-refractivity contribution is 9.10. The SMILES string of the molecule is CCOP(OCC)C1CC(c2ccc(Br)c(OC)c2)OC1=O. The number of carbonyl (C=O) groups is 1. The summed E-state index contributed by atoms with van der Waals surface area (Å²) in [7, 11) is 0.357. The fraction of sp³-hybridized carbons (Fsp3) is 0.533. The van der Waals surface area contributed by atoms with Crippen LogP contribution in [-0.2, 0) is 18.6 Å². The molecule has 0 aliphatic carbocycles. The molecular weight excluding hydrogens is 371 g/mol. The Bertz CT molecular complexity index is 519. The predicted molar refractivity (Wildman–Crippen MR) is 88.1 cm³/mol. The summed E-state index contributed by atoms with van der Waals surface area (Å²) in [6.45, 7) is 4.83. The summed E-state index contributed by atoms with van der Waals surface area (Å²) >= 11 is 3.42. The number of methoxy groups -OCH3 is 1. The van der Waals surface area contributed by atoms with Crippen LogP contribution in [0.5, 0.6) is 5.75 Å². The summed E-state index contributed by atoms with van der Waals surface area (Å²) in [4.78, 5) is 12.2. The smallest absolute Gasteiger partial charge is 0.318 e. The van der Waals surface area contributed by atoms with Gasteiger partial charge in [0, 0.05) is 6.42 Å². The normalized spacial score (nSPS) is 21.2. The van der Waals surface area contributed by atoms with Gasteiger partial charge in [0.25, 0.3) is 0 Å². The minimum atomic E-state index is -1.25. The number of halogens is 1. The van der Waals surface area contributed by atoms with E-state index in [-0.39, 0.29) is 17.7 Å². The van der Waals surface area contributed by atoms with Gasteiger partial charge in [-0.25, -0.2) is 0 Å². The van der Waals surface area contributed by atoms with Crippen LogP contribution < -0.4 is 4.74 Å². The summed E-state index contributed by atoms with van der Waals surface area (Å²) in [6, 6.07) is 5.70. The third-order valence-electron chi connectivity index (χ3n) is 3.28. The molecule has 1 aliphatic rings. The van der Waals surface area contributed by atoms with Crippen molar-refractivity contribution >= 4 is 30.3 Å². The molecule has 1 aromatic carbocycles. The van der Waals surface area contributed by atoms with Crippen LogP contribution in [0, 0.1) is 0 Å². The first-order valence-corrected chi connectivity index (χ1v) is 9.23. The zero-order chi connectivity index (χ0) is 16.1. The maximum atomic E-state index is 12.2. The van der Waals surface area contributed by atoms with E-state index in [1.807, 2.05) is 32.0 Å². The van der Waals surface area contributed by atoms with E-state index in [9.17, 15) is 4.79 Å². The molecule has 22 heavy (non-hydrogen) atoms. The molecule has 0 bridgehead atoms. The Morgan fingerprint density at radius 1 is 1.32 bits per heavy atom. The largest absolute Gasteiger partial charge is 0.496 e. The molecule has 2 rings (SSSR count). The summed E-state index contributed by atoms with van der Waals surface area (Å²) in [6.07, 6.45) is 0.278. The second kappa shape index (κ2) is 8.25. The van der Waals surface area contributed by atoms with E-state index in [1.54, 1.807) is 7.11 Å². The molecule has 1 heterocycles. The first kappa shape index (κ1) is 17.7. The van der Waals surface area contributed by atoms with E-state index in [1.165, 1.54) is 0 Å². The Kier molecular flexibility index (Phi) is 6.63. The number of benzene rings is 1. The van der Waals surface area contributed by atoms with Crippen molar-refractivity contribution in [2.24, 2.45) is 0 Å². The van der Waals surface area contributed by atoms with Crippen molar-refractivity contribution in [1.29, 1.82) is 0 Å². The first-order valence-electron chi connectivity index (χ1n) is 7.19. The van der Waals surface area contributed by atoms with Gasteiger partial charge in [-0.2, -0.15) is 0 Å². The Morgan fingerprint density at radius 3 is 2.59 bits per heavy atom. The lowest BCUT2D eigenvalue weighted by atomic mass is 10.1. The highest BCUT2D eigenvalue weighted by Crippen LogP contribution is 2.51. The number of cyclic esters (lactones) is 1. The zero-order valence-corrected chi connectivity index (χ0v) is 15.4. The molecule has 0 amide bonds. The molecule has 7 heteroatoms. The highest BCUT2D eigenvalue weighted by atomic mass is 79.9. The van der Waals surface area contributed by atoms with Crippen molar-refractivity contribution in [3.8, 4) is 5.75 Å². The van der Waals surface area contributed by atoms with Gasteiger partial charge < -0.3 is 18.5 Å². The van der Waals surface area contributed by atoms with Crippen molar-refractivity contribution in [2.45, 2.75) is 32.0 Å². The Labute approximate surface area is 140 Å². The molecule has 0 radical (unpaired) electrons. The summed E-state index contributed by atoms with van der Waals surface area (Å²) in [5, 5.41) is 0. The molecule has 1 aliphatic heterocycles. The van der Waals surface area contributed by atoms with Crippen LogP contribution >= 0.6 is 24.3 Å². The Balaban J connectivity index is 2.14. The van der Waals surface area contributed by atoms with Crippen LogP contribution in [0.15, 0.2) is 22.7 Å². The van der Waals surface area contributed by atoms with Gasteiger partial charge in [0.1, 0.15) is 17.5 Å². The quantitative estimate of drug-likeness (QED) is 0.515. The van der Waals surface area contributed by atoms with Gasteiger partial charge in [0.05, 0.1) is 24.8 Å². The second-order valence-corrected chi connectivity index (χ2v) is 7.26. The molecule has 2 unspecified atom stereocenters. The van der Waals surface area contributed by atoms with Crippen LogP contribution in [0.4, 0.5) is 0 Å². The molecule has 122 valence electrons. The standard InChI is InChI=1S/C15H20BrO5P/c1-4-19-22(20-5-2)14-9-12(21-15(14)17)10-6-7-11(16)13(8-10)18-3/h6-8,12,14H,4-5,9H2,1-3H3. The molecule has 0 spiro atoms. The molecule has 1 aromatic rings. The summed E-state index contributed by atoms with van der Waals surface area (Å²) in [5.74, 6) is 0.466. The van der Waals surface area contributed by atoms with Crippen molar-refractivity contribution in [3.05, 3.63) is 28.2 Å². The van der Waals surface area contributed by atoms with E-state index in [0.717, 1.165) is 10.0 Å². The minimum Gasteiger partial charge on any atom is -0.496 e. The lowest BCUT2D eigenvalue weighted by Gasteiger charge is -2.18. The van der Waals surface area contributed by atoms with E-state index in [2.05, 4.69) is 15.9 Å².